The maximum atomic E-state index is 13.6. The largest absolute Gasteiger partial charge is 0.561 e. The van der Waals surface area contributed by atoms with Crippen LogP contribution in [0.3, 0.4) is 0 Å². The molecule has 0 spiro atoms. The van der Waals surface area contributed by atoms with Gasteiger partial charge in [0.2, 0.25) is 0 Å². The lowest BCUT2D eigenvalue weighted by atomic mass is 10.0. The molecule has 0 unspecified atom stereocenters. The third kappa shape index (κ3) is 5.06. The quantitative estimate of drug-likeness (QED) is 0.236. The lowest BCUT2D eigenvalue weighted by molar-refractivity contribution is -0.137. The summed E-state index contributed by atoms with van der Waals surface area (Å²) >= 11 is 0. The molecule has 0 aliphatic heterocycles. The van der Waals surface area contributed by atoms with Gasteiger partial charge < -0.3 is 14.4 Å². The molecule has 0 bridgehead atoms. The van der Waals surface area contributed by atoms with Crippen molar-refractivity contribution in [2.45, 2.75) is 26.6 Å². The minimum atomic E-state index is -4.56. The van der Waals surface area contributed by atoms with E-state index in [0.29, 0.717) is 28.2 Å². The van der Waals surface area contributed by atoms with Crippen LogP contribution in [0.15, 0.2) is 72.8 Å². The molecule has 2 N–H and O–H groups in total. The van der Waals surface area contributed by atoms with Gasteiger partial charge in [0.1, 0.15) is 23.7 Å². The molecule has 180 valence electrons. The van der Waals surface area contributed by atoms with E-state index in [1.165, 1.54) is 30.3 Å². The number of hydrogen-bond donors (Lipinski definition) is 0. The fourth-order valence-electron chi connectivity index (χ4n) is 3.86. The second kappa shape index (κ2) is 9.29. The molecular weight excluding hydrogens is 462 g/mol. The Bertz CT molecular complexity index is 1390. The standard InChI is InChI=1S/C27H21F4NO3/c1-16-3-10-21(14-22(16)26(33)34)32-17(2)4-11-24(32)23-13-19(27(29,30)31)7-12-25(23)35-15-18-5-8-20(28)9-6-18/h3-14H,15H2,1-2H3,(H,33,34)/p+1. The number of hydrogen-bond acceptors (Lipinski definition) is 2. The van der Waals surface area contributed by atoms with Crippen molar-refractivity contribution in [1.29, 1.82) is 0 Å². The molecule has 0 amide bonds. The zero-order valence-corrected chi connectivity index (χ0v) is 18.9. The van der Waals surface area contributed by atoms with Crippen LogP contribution in [-0.2, 0) is 12.8 Å². The van der Waals surface area contributed by atoms with Crippen LogP contribution in [0.1, 0.15) is 32.7 Å². The molecule has 1 aromatic heterocycles. The summed E-state index contributed by atoms with van der Waals surface area (Å²) in [4.78, 5) is 11.8. The first-order valence-corrected chi connectivity index (χ1v) is 10.7. The van der Waals surface area contributed by atoms with Gasteiger partial charge in [-0.3, -0.25) is 0 Å². The number of halogens is 4. The van der Waals surface area contributed by atoms with E-state index in [9.17, 15) is 22.4 Å². The summed E-state index contributed by atoms with van der Waals surface area (Å²) in [5.74, 6) is -1.04. The number of carbonyl (C=O) groups is 1. The molecule has 4 rings (SSSR count). The highest BCUT2D eigenvalue weighted by molar-refractivity contribution is 5.90. The number of alkyl halides is 3. The third-order valence-corrected chi connectivity index (χ3v) is 5.69. The number of aromatic nitrogens is 1. The average molecular weight is 484 g/mol. The Hall–Kier alpha value is -4.07. The minimum absolute atomic E-state index is 0.0281. The van der Waals surface area contributed by atoms with Crippen molar-refractivity contribution in [3.05, 3.63) is 107 Å². The first-order chi connectivity index (χ1) is 16.5. The van der Waals surface area contributed by atoms with E-state index in [0.717, 1.165) is 12.1 Å². The molecule has 0 saturated heterocycles. The van der Waals surface area contributed by atoms with Gasteiger partial charge in [0, 0.05) is 21.7 Å². The number of carbonyl (C=O) groups excluding carboxylic acids is 1. The van der Waals surface area contributed by atoms with E-state index < -0.39 is 23.5 Å². The molecule has 4 aromatic rings. The Kier molecular flexibility index (Phi) is 6.39. The average Bonchev–Trinajstić information content (AvgIpc) is 3.19. The summed E-state index contributed by atoms with van der Waals surface area (Å²) in [5, 5.41) is 7.52. The number of ether oxygens (including phenoxy) is 1. The maximum absolute atomic E-state index is 13.6. The summed E-state index contributed by atoms with van der Waals surface area (Å²) in [6.45, 7) is 3.53. The second-order valence-corrected chi connectivity index (χ2v) is 8.15. The summed E-state index contributed by atoms with van der Waals surface area (Å²) in [7, 11) is 0. The fourth-order valence-corrected chi connectivity index (χ4v) is 3.86. The van der Waals surface area contributed by atoms with Crippen LogP contribution in [-0.4, -0.2) is 15.6 Å². The number of rotatable bonds is 6. The highest BCUT2D eigenvalue weighted by Gasteiger charge is 2.32. The topological polar surface area (TPSA) is 54.1 Å². The Morgan fingerprint density at radius 2 is 1.66 bits per heavy atom. The molecular formula is C27H22F4NO3+. The molecule has 1 heterocycles. The summed E-state index contributed by atoms with van der Waals surface area (Å²) < 4.78 is 61.5. The van der Waals surface area contributed by atoms with Crippen molar-refractivity contribution in [3.63, 3.8) is 0 Å². The van der Waals surface area contributed by atoms with Crippen molar-refractivity contribution in [1.82, 2.24) is 4.57 Å². The Morgan fingerprint density at radius 3 is 2.31 bits per heavy atom. The van der Waals surface area contributed by atoms with E-state index in [-0.39, 0.29) is 23.5 Å². The van der Waals surface area contributed by atoms with Gasteiger partial charge in [-0.05, 0) is 79.6 Å². The molecule has 3 aromatic carbocycles. The fraction of sp³-hybridized carbons (Fsp3) is 0.148. The predicted molar refractivity (Wildman–Crippen MR) is 124 cm³/mol. The van der Waals surface area contributed by atoms with Crippen LogP contribution in [0.25, 0.3) is 16.9 Å². The highest BCUT2D eigenvalue weighted by atomic mass is 19.4. The van der Waals surface area contributed by atoms with E-state index in [1.807, 2.05) is 0 Å². The third-order valence-electron chi connectivity index (χ3n) is 5.69. The lowest BCUT2D eigenvalue weighted by Gasteiger charge is -2.18. The van der Waals surface area contributed by atoms with Crippen molar-refractivity contribution < 1.29 is 32.2 Å². The van der Waals surface area contributed by atoms with E-state index >= 15 is 0 Å². The molecule has 35 heavy (non-hydrogen) atoms. The van der Waals surface area contributed by atoms with Crippen LogP contribution in [0.2, 0.25) is 0 Å². The maximum Gasteiger partial charge on any atom is 0.549 e. The van der Waals surface area contributed by atoms with Gasteiger partial charge in [-0.2, -0.15) is 13.2 Å². The summed E-state index contributed by atoms with van der Waals surface area (Å²) in [6.07, 6.45) is -4.56. The van der Waals surface area contributed by atoms with Gasteiger partial charge >= 0.3 is 12.1 Å². The number of aryl methyl sites for hydroxylation is 2. The predicted octanol–water partition coefficient (Wildman–Crippen LogP) is 6.36. The zero-order chi connectivity index (χ0) is 25.3. The monoisotopic (exact) mass is 484 g/mol. The Morgan fingerprint density at radius 1 is 0.943 bits per heavy atom. The molecule has 0 aliphatic rings. The molecule has 0 saturated carbocycles. The normalized spacial score (nSPS) is 11.5. The molecule has 8 heteroatoms. The highest BCUT2D eigenvalue weighted by Crippen LogP contribution is 2.39. The van der Waals surface area contributed by atoms with Gasteiger partial charge in [-0.25, -0.2) is 4.39 Å². The summed E-state index contributed by atoms with van der Waals surface area (Å²) in [5.41, 5.74) is 2.53. The van der Waals surface area contributed by atoms with Gasteiger partial charge in [0.05, 0.1) is 11.3 Å². The van der Waals surface area contributed by atoms with Crippen molar-refractivity contribution in [2.24, 2.45) is 0 Å². The number of nitrogens with zero attached hydrogens (tertiary/aromatic N) is 1. The van der Waals surface area contributed by atoms with Crippen LogP contribution in [0.4, 0.5) is 17.6 Å². The molecule has 0 fully saturated rings. The van der Waals surface area contributed by atoms with Gasteiger partial charge in [0.25, 0.3) is 0 Å². The Labute approximate surface area is 199 Å². The SMILES string of the molecule is Cc1ccc(-n2c(C)ccc2-c2cc(C(F)(F)F)ccc2OCc2ccc(F)cc2)cc1C(=O)[OH2+]. The van der Waals surface area contributed by atoms with E-state index in [1.54, 1.807) is 48.7 Å². The van der Waals surface area contributed by atoms with Crippen LogP contribution < -0.4 is 4.74 Å². The van der Waals surface area contributed by atoms with Gasteiger partial charge in [0.15, 0.2) is 0 Å². The summed E-state index contributed by atoms with van der Waals surface area (Å²) in [6, 6.07) is 17.3. The van der Waals surface area contributed by atoms with Crippen molar-refractivity contribution >= 4 is 5.97 Å². The first kappa shape index (κ1) is 24.1. The van der Waals surface area contributed by atoms with Crippen LogP contribution in [0, 0.1) is 19.7 Å². The first-order valence-electron chi connectivity index (χ1n) is 10.7. The smallest absolute Gasteiger partial charge is 0.549 e. The van der Waals surface area contributed by atoms with E-state index in [4.69, 9.17) is 9.84 Å². The lowest BCUT2D eigenvalue weighted by Crippen LogP contribution is -2.08. The van der Waals surface area contributed by atoms with E-state index in [2.05, 4.69) is 0 Å². The van der Waals surface area contributed by atoms with Crippen LogP contribution >= 0.6 is 0 Å². The van der Waals surface area contributed by atoms with Crippen LogP contribution in [0.5, 0.6) is 5.75 Å². The number of benzene rings is 3. The van der Waals surface area contributed by atoms with Gasteiger partial charge in [-0.15, -0.1) is 0 Å². The molecule has 0 aliphatic carbocycles. The minimum Gasteiger partial charge on any atom is -0.561 e. The van der Waals surface area contributed by atoms with Crippen molar-refractivity contribution in [3.8, 4) is 22.7 Å². The zero-order valence-electron chi connectivity index (χ0n) is 18.9. The molecule has 0 atom stereocenters. The van der Waals surface area contributed by atoms with Crippen molar-refractivity contribution in [2.75, 3.05) is 0 Å². The second-order valence-electron chi connectivity index (χ2n) is 8.15. The molecule has 0 radical (unpaired) electrons. The Balaban J connectivity index is 1.83. The molecule has 4 nitrogen and oxygen atoms in total. The van der Waals surface area contributed by atoms with Gasteiger partial charge in [-0.1, -0.05) is 18.2 Å².